The van der Waals surface area contributed by atoms with Gasteiger partial charge in [-0.05, 0) is 53.8 Å². The first-order chi connectivity index (χ1) is 15.2. The Kier molecular flexibility index (Phi) is 8.48. The Morgan fingerprint density at radius 1 is 0.969 bits per heavy atom. The van der Waals surface area contributed by atoms with Gasteiger partial charge in [0.2, 0.25) is 6.43 Å². The zero-order valence-electron chi connectivity index (χ0n) is 17.4. The second-order valence-electron chi connectivity index (χ2n) is 7.44. The van der Waals surface area contributed by atoms with Gasteiger partial charge in [-0.1, -0.05) is 37.8 Å². The van der Waals surface area contributed by atoms with Crippen LogP contribution in [0.5, 0.6) is 0 Å². The third-order valence-electron chi connectivity index (χ3n) is 4.71. The molecule has 0 saturated carbocycles. The molecule has 2 aromatic rings. The van der Waals surface area contributed by atoms with Gasteiger partial charge in [0, 0.05) is 16.7 Å². The fraction of sp³-hybridized carbons (Fsp3) is 0.250. The fourth-order valence-corrected chi connectivity index (χ4v) is 2.60. The number of halogens is 2. The molecule has 0 heterocycles. The molecule has 2 amide bonds. The maximum Gasteiger partial charge on any atom is 0.266 e. The standard InChI is InChI=1S/C24H22F2N2O4/c1-24(2,23(25)26)20(22(31)28-32)27-21(30)19-13-11-17(12-14-19)6-4-3-5-16-7-9-18(15-29)10-8-16/h7-14,20,23,29,32H,15H2,1-2H3,(H,27,30)(H,28,31)/t20-/m1/s1. The summed E-state index contributed by atoms with van der Waals surface area (Å²) in [6.45, 7) is 2.18. The molecule has 0 spiro atoms. The van der Waals surface area contributed by atoms with Crippen LogP contribution in [0.1, 0.15) is 40.9 Å². The number of rotatable bonds is 6. The van der Waals surface area contributed by atoms with Crippen LogP contribution in [-0.4, -0.2) is 34.6 Å². The quantitative estimate of drug-likeness (QED) is 0.315. The second-order valence-corrected chi connectivity index (χ2v) is 7.44. The smallest absolute Gasteiger partial charge is 0.266 e. The van der Waals surface area contributed by atoms with E-state index in [-0.39, 0.29) is 12.2 Å². The molecule has 2 aromatic carbocycles. The Morgan fingerprint density at radius 3 is 1.91 bits per heavy atom. The fourth-order valence-electron chi connectivity index (χ4n) is 2.60. The summed E-state index contributed by atoms with van der Waals surface area (Å²) in [7, 11) is 0. The first-order valence-corrected chi connectivity index (χ1v) is 9.54. The summed E-state index contributed by atoms with van der Waals surface area (Å²) in [5.41, 5.74) is 1.63. The van der Waals surface area contributed by atoms with Crippen LogP contribution in [0.25, 0.3) is 0 Å². The van der Waals surface area contributed by atoms with Crippen molar-refractivity contribution in [2.75, 3.05) is 0 Å². The van der Waals surface area contributed by atoms with Gasteiger partial charge < -0.3 is 10.4 Å². The topological polar surface area (TPSA) is 98.7 Å². The van der Waals surface area contributed by atoms with Crippen LogP contribution in [0, 0.1) is 29.1 Å². The summed E-state index contributed by atoms with van der Waals surface area (Å²) < 4.78 is 26.6. The molecule has 6 nitrogen and oxygen atoms in total. The van der Waals surface area contributed by atoms with E-state index in [0.717, 1.165) is 25.0 Å². The summed E-state index contributed by atoms with van der Waals surface area (Å²) in [5, 5.41) is 20.1. The molecular formula is C24H22F2N2O4. The highest BCUT2D eigenvalue weighted by molar-refractivity contribution is 5.97. The molecule has 32 heavy (non-hydrogen) atoms. The molecule has 0 aliphatic carbocycles. The number of hydrogen-bond donors (Lipinski definition) is 4. The number of nitrogens with one attached hydrogen (secondary N) is 2. The van der Waals surface area contributed by atoms with Gasteiger partial charge >= 0.3 is 0 Å². The van der Waals surface area contributed by atoms with E-state index in [9.17, 15) is 18.4 Å². The van der Waals surface area contributed by atoms with Crippen molar-refractivity contribution in [3.8, 4) is 23.7 Å². The van der Waals surface area contributed by atoms with E-state index in [0.29, 0.717) is 5.56 Å². The van der Waals surface area contributed by atoms with E-state index in [4.69, 9.17) is 10.3 Å². The van der Waals surface area contributed by atoms with E-state index >= 15 is 0 Å². The van der Waals surface area contributed by atoms with Gasteiger partial charge in [-0.3, -0.25) is 14.8 Å². The molecule has 0 saturated heterocycles. The molecule has 1 atom stereocenters. The van der Waals surface area contributed by atoms with Crippen molar-refractivity contribution >= 4 is 11.8 Å². The van der Waals surface area contributed by atoms with Gasteiger partial charge in [-0.25, -0.2) is 14.3 Å². The normalized spacial score (nSPS) is 11.5. The lowest BCUT2D eigenvalue weighted by Gasteiger charge is -2.32. The van der Waals surface area contributed by atoms with Crippen LogP contribution in [-0.2, 0) is 11.4 Å². The second kappa shape index (κ2) is 11.1. The summed E-state index contributed by atoms with van der Waals surface area (Å²) in [6.07, 6.45) is -2.92. The van der Waals surface area contributed by atoms with Crippen molar-refractivity contribution in [3.05, 3.63) is 70.8 Å². The van der Waals surface area contributed by atoms with E-state index in [1.807, 2.05) is 0 Å². The minimum atomic E-state index is -2.92. The third-order valence-corrected chi connectivity index (χ3v) is 4.71. The number of carbonyl (C=O) groups is 2. The maximum absolute atomic E-state index is 13.3. The molecular weight excluding hydrogens is 418 g/mol. The molecule has 0 bridgehead atoms. The Bertz CT molecular complexity index is 1070. The monoisotopic (exact) mass is 440 g/mol. The number of carbonyl (C=O) groups excluding carboxylic acids is 2. The van der Waals surface area contributed by atoms with Crippen LogP contribution in [0.15, 0.2) is 48.5 Å². The minimum absolute atomic E-state index is 0.0409. The molecule has 166 valence electrons. The van der Waals surface area contributed by atoms with Crippen LogP contribution in [0.4, 0.5) is 8.78 Å². The van der Waals surface area contributed by atoms with Crippen LogP contribution >= 0.6 is 0 Å². The minimum Gasteiger partial charge on any atom is -0.392 e. The van der Waals surface area contributed by atoms with Gasteiger partial charge in [0.25, 0.3) is 11.8 Å². The van der Waals surface area contributed by atoms with Crippen molar-refractivity contribution in [1.82, 2.24) is 10.8 Å². The number of aliphatic hydroxyl groups is 1. The van der Waals surface area contributed by atoms with Crippen LogP contribution in [0.2, 0.25) is 0 Å². The number of amides is 2. The lowest BCUT2D eigenvalue weighted by atomic mass is 9.84. The number of hydrogen-bond acceptors (Lipinski definition) is 4. The van der Waals surface area contributed by atoms with Gasteiger partial charge in [-0.2, -0.15) is 0 Å². The summed E-state index contributed by atoms with van der Waals surface area (Å²) >= 11 is 0. The lowest BCUT2D eigenvalue weighted by Crippen LogP contribution is -2.56. The highest BCUT2D eigenvalue weighted by atomic mass is 19.3. The zero-order chi connectivity index (χ0) is 23.7. The molecule has 8 heteroatoms. The maximum atomic E-state index is 13.3. The third kappa shape index (κ3) is 6.39. The SMILES string of the molecule is CC(C)(C(F)F)[C@H](NC(=O)c1ccc(C#CC#Cc2ccc(CO)cc2)cc1)C(=O)NO. The van der Waals surface area contributed by atoms with Crippen LogP contribution in [0.3, 0.4) is 0 Å². The number of hydroxylamine groups is 1. The average Bonchev–Trinajstić information content (AvgIpc) is 2.80. The largest absolute Gasteiger partial charge is 0.392 e. The molecule has 0 unspecified atom stereocenters. The van der Waals surface area contributed by atoms with E-state index < -0.39 is 29.7 Å². The zero-order valence-corrected chi connectivity index (χ0v) is 17.4. The van der Waals surface area contributed by atoms with E-state index in [1.54, 1.807) is 36.4 Å². The summed E-state index contributed by atoms with van der Waals surface area (Å²) in [5.74, 6) is 9.19. The molecule has 0 aliphatic rings. The first kappa shape index (κ1) is 24.5. The van der Waals surface area contributed by atoms with Crippen molar-refractivity contribution < 1.29 is 28.7 Å². The molecule has 4 N–H and O–H groups in total. The number of aliphatic hydroxyl groups excluding tert-OH is 1. The average molecular weight is 440 g/mol. The van der Waals surface area contributed by atoms with Gasteiger partial charge in [0.15, 0.2) is 0 Å². The lowest BCUT2D eigenvalue weighted by molar-refractivity contribution is -0.137. The predicted octanol–water partition coefficient (Wildman–Crippen LogP) is 2.48. The Hall–Kier alpha value is -3.72. The highest BCUT2D eigenvalue weighted by Crippen LogP contribution is 2.29. The van der Waals surface area contributed by atoms with Crippen molar-refractivity contribution in [2.45, 2.75) is 32.9 Å². The number of alkyl halides is 2. The van der Waals surface area contributed by atoms with Crippen molar-refractivity contribution in [1.29, 1.82) is 0 Å². The van der Waals surface area contributed by atoms with Gasteiger partial charge in [-0.15, -0.1) is 0 Å². The van der Waals surface area contributed by atoms with E-state index in [2.05, 4.69) is 29.0 Å². The highest BCUT2D eigenvalue weighted by Gasteiger charge is 2.43. The Labute approximate surface area is 184 Å². The van der Waals surface area contributed by atoms with Gasteiger partial charge in [0.05, 0.1) is 12.0 Å². The van der Waals surface area contributed by atoms with Crippen LogP contribution < -0.4 is 10.8 Å². The molecule has 2 rings (SSSR count). The molecule has 0 aliphatic heterocycles. The van der Waals surface area contributed by atoms with Gasteiger partial charge in [0.1, 0.15) is 6.04 Å². The van der Waals surface area contributed by atoms with E-state index in [1.165, 1.54) is 17.6 Å². The predicted molar refractivity (Wildman–Crippen MR) is 114 cm³/mol. The summed E-state index contributed by atoms with van der Waals surface area (Å²) in [6, 6.07) is 11.4. The first-order valence-electron chi connectivity index (χ1n) is 9.54. The number of benzene rings is 2. The summed E-state index contributed by atoms with van der Waals surface area (Å²) in [4.78, 5) is 24.2. The Balaban J connectivity index is 2.08. The molecule has 0 radical (unpaired) electrons. The Morgan fingerprint density at radius 2 is 1.47 bits per heavy atom. The molecule has 0 aromatic heterocycles. The van der Waals surface area contributed by atoms with Crippen molar-refractivity contribution in [2.24, 2.45) is 5.41 Å². The molecule has 0 fully saturated rings. The van der Waals surface area contributed by atoms with Crippen molar-refractivity contribution in [3.63, 3.8) is 0 Å².